The molecule has 0 aromatic heterocycles. The maximum Gasteiger partial charge on any atom is 0.311 e. The van der Waals surface area contributed by atoms with E-state index in [9.17, 15) is 9.59 Å². The maximum atomic E-state index is 12.1. The van der Waals surface area contributed by atoms with Crippen LogP contribution in [0.1, 0.15) is 25.3 Å². The Labute approximate surface area is 131 Å². The Hall–Kier alpha value is -1.88. The topological polar surface area (TPSA) is 64.6 Å². The average molecular weight is 305 g/mol. The molecule has 1 fully saturated rings. The summed E-state index contributed by atoms with van der Waals surface area (Å²) in [5.74, 6) is -0.881. The largest absolute Gasteiger partial charge is 0.469 e. The number of hydrogen-bond acceptors (Lipinski definition) is 4. The van der Waals surface area contributed by atoms with Gasteiger partial charge in [0.15, 0.2) is 0 Å². The Bertz CT molecular complexity index is 497. The third-order valence-corrected chi connectivity index (χ3v) is 4.00. The van der Waals surface area contributed by atoms with Gasteiger partial charge < -0.3 is 14.8 Å². The summed E-state index contributed by atoms with van der Waals surface area (Å²) in [7, 11) is 1.37. The van der Waals surface area contributed by atoms with Crippen LogP contribution in [-0.4, -0.2) is 37.7 Å². The zero-order valence-electron chi connectivity index (χ0n) is 13.1. The predicted molar refractivity (Wildman–Crippen MR) is 82.2 cm³/mol. The third-order valence-electron chi connectivity index (χ3n) is 4.00. The number of esters is 1. The third kappa shape index (κ3) is 4.31. The molecule has 1 aliphatic heterocycles. The quantitative estimate of drug-likeness (QED) is 0.813. The molecule has 1 aromatic rings. The first kappa shape index (κ1) is 16.5. The van der Waals surface area contributed by atoms with Gasteiger partial charge in [-0.2, -0.15) is 0 Å². The summed E-state index contributed by atoms with van der Waals surface area (Å²) in [4.78, 5) is 24.2. The van der Waals surface area contributed by atoms with Crippen molar-refractivity contribution in [1.82, 2.24) is 5.32 Å². The zero-order valence-corrected chi connectivity index (χ0v) is 13.1. The van der Waals surface area contributed by atoms with Gasteiger partial charge in [-0.05, 0) is 31.7 Å². The van der Waals surface area contributed by atoms with Gasteiger partial charge >= 0.3 is 5.97 Å². The summed E-state index contributed by atoms with van der Waals surface area (Å²) < 4.78 is 10.3. The highest BCUT2D eigenvalue weighted by Gasteiger charge is 2.31. The number of methoxy groups -OCH3 is 1. The van der Waals surface area contributed by atoms with E-state index in [0.717, 1.165) is 18.4 Å². The van der Waals surface area contributed by atoms with Crippen molar-refractivity contribution in [3.63, 3.8) is 0 Å². The van der Waals surface area contributed by atoms with Gasteiger partial charge in [-0.1, -0.05) is 30.3 Å². The van der Waals surface area contributed by atoms with Crippen LogP contribution in [0.4, 0.5) is 0 Å². The number of ether oxygens (including phenoxy) is 2. The lowest BCUT2D eigenvalue weighted by Crippen LogP contribution is -2.46. The van der Waals surface area contributed by atoms with Gasteiger partial charge in [0.05, 0.1) is 13.0 Å². The zero-order chi connectivity index (χ0) is 15.9. The molecule has 2 rings (SSSR count). The predicted octanol–water partition coefficient (Wildman–Crippen LogP) is 1.70. The average Bonchev–Trinajstić information content (AvgIpc) is 3.07. The fourth-order valence-corrected chi connectivity index (χ4v) is 2.69. The monoisotopic (exact) mass is 305 g/mol. The number of rotatable bonds is 6. The highest BCUT2D eigenvalue weighted by Crippen LogP contribution is 2.17. The molecule has 1 heterocycles. The lowest BCUT2D eigenvalue weighted by Gasteiger charge is -2.24. The Morgan fingerprint density at radius 3 is 2.68 bits per heavy atom. The minimum Gasteiger partial charge on any atom is -0.469 e. The van der Waals surface area contributed by atoms with Gasteiger partial charge in [0.2, 0.25) is 5.91 Å². The number of carbonyl (C=O) groups excluding carboxylic acids is 2. The molecular weight excluding hydrogens is 282 g/mol. The molecule has 1 amide bonds. The van der Waals surface area contributed by atoms with Crippen LogP contribution in [0.5, 0.6) is 0 Å². The van der Waals surface area contributed by atoms with Crippen molar-refractivity contribution in [3.05, 3.63) is 35.9 Å². The molecule has 0 bridgehead atoms. The van der Waals surface area contributed by atoms with E-state index in [1.807, 2.05) is 37.3 Å². The fourth-order valence-electron chi connectivity index (χ4n) is 2.69. The number of carbonyl (C=O) groups is 2. The molecule has 1 saturated heterocycles. The van der Waals surface area contributed by atoms with Gasteiger partial charge in [-0.3, -0.25) is 9.59 Å². The maximum absolute atomic E-state index is 12.1. The van der Waals surface area contributed by atoms with Crippen molar-refractivity contribution >= 4 is 11.9 Å². The second-order valence-electron chi connectivity index (χ2n) is 5.62. The van der Waals surface area contributed by atoms with Crippen LogP contribution in [0.2, 0.25) is 0 Å². The van der Waals surface area contributed by atoms with Crippen molar-refractivity contribution in [1.29, 1.82) is 0 Å². The van der Waals surface area contributed by atoms with E-state index in [-0.39, 0.29) is 17.9 Å². The van der Waals surface area contributed by atoms with Crippen molar-refractivity contribution in [2.24, 2.45) is 5.92 Å². The van der Waals surface area contributed by atoms with Crippen LogP contribution in [0.25, 0.3) is 0 Å². The highest BCUT2D eigenvalue weighted by atomic mass is 16.5. The van der Waals surface area contributed by atoms with Crippen LogP contribution in [-0.2, 0) is 25.5 Å². The summed E-state index contributed by atoms with van der Waals surface area (Å²) in [6, 6.07) is 9.40. The minimum atomic E-state index is -0.419. The molecule has 0 aliphatic carbocycles. The van der Waals surface area contributed by atoms with Gasteiger partial charge in [-0.25, -0.2) is 0 Å². The van der Waals surface area contributed by atoms with E-state index < -0.39 is 12.0 Å². The molecule has 22 heavy (non-hydrogen) atoms. The molecule has 5 nitrogen and oxygen atoms in total. The Balaban J connectivity index is 2.01. The molecule has 0 unspecified atom stereocenters. The van der Waals surface area contributed by atoms with E-state index in [4.69, 9.17) is 9.47 Å². The van der Waals surface area contributed by atoms with Crippen LogP contribution < -0.4 is 5.32 Å². The van der Waals surface area contributed by atoms with Crippen LogP contribution in [0.15, 0.2) is 30.3 Å². The van der Waals surface area contributed by atoms with Crippen molar-refractivity contribution < 1.29 is 19.1 Å². The van der Waals surface area contributed by atoms with Crippen LogP contribution in [0.3, 0.4) is 0 Å². The van der Waals surface area contributed by atoms with E-state index in [1.54, 1.807) is 0 Å². The molecule has 5 heteroatoms. The van der Waals surface area contributed by atoms with Crippen molar-refractivity contribution in [3.8, 4) is 0 Å². The Morgan fingerprint density at radius 2 is 2.09 bits per heavy atom. The molecule has 0 spiro atoms. The van der Waals surface area contributed by atoms with E-state index in [0.29, 0.717) is 13.0 Å². The molecule has 1 N–H and O–H groups in total. The summed E-state index contributed by atoms with van der Waals surface area (Å²) in [5, 5.41) is 2.89. The normalized spacial score (nSPS) is 20.2. The lowest BCUT2D eigenvalue weighted by molar-refractivity contribution is -0.146. The summed E-state index contributed by atoms with van der Waals surface area (Å²) in [5.41, 5.74) is 1.04. The smallest absolute Gasteiger partial charge is 0.311 e. The molecule has 1 aliphatic rings. The van der Waals surface area contributed by atoms with Crippen LogP contribution in [0, 0.1) is 5.92 Å². The Morgan fingerprint density at radius 1 is 1.36 bits per heavy atom. The summed E-state index contributed by atoms with van der Waals surface area (Å²) in [6.45, 7) is 2.45. The second-order valence-corrected chi connectivity index (χ2v) is 5.62. The van der Waals surface area contributed by atoms with Gasteiger partial charge in [0.1, 0.15) is 6.10 Å². The molecular formula is C17H23NO4. The fraction of sp³-hybridized carbons (Fsp3) is 0.529. The number of nitrogens with one attached hydrogen (secondary N) is 1. The highest BCUT2D eigenvalue weighted by molar-refractivity contribution is 5.82. The Kier molecular flexibility index (Phi) is 5.95. The summed E-state index contributed by atoms with van der Waals surface area (Å²) in [6.07, 6.45) is 1.77. The summed E-state index contributed by atoms with van der Waals surface area (Å²) >= 11 is 0. The molecule has 1 aromatic carbocycles. The lowest BCUT2D eigenvalue weighted by atomic mass is 9.93. The molecule has 0 radical (unpaired) electrons. The molecule has 3 atom stereocenters. The van der Waals surface area contributed by atoms with Gasteiger partial charge in [0, 0.05) is 12.6 Å². The van der Waals surface area contributed by atoms with Gasteiger partial charge in [0.25, 0.3) is 0 Å². The van der Waals surface area contributed by atoms with E-state index >= 15 is 0 Å². The SMILES string of the molecule is COC(=O)[C@@H](Cc1ccccc1)[C@H](C)NC(=O)[C@@H]1CCCO1. The first-order valence-corrected chi connectivity index (χ1v) is 7.65. The van der Waals surface area contributed by atoms with E-state index in [1.165, 1.54) is 7.11 Å². The standard InChI is InChI=1S/C17H23NO4/c1-12(18-16(19)15-9-6-10-22-15)14(17(20)21-2)11-13-7-4-3-5-8-13/h3-5,7-8,12,14-15H,6,9-11H2,1-2H3,(H,18,19)/t12-,14-,15-/m0/s1. The van der Waals surface area contributed by atoms with Crippen molar-refractivity contribution in [2.45, 2.75) is 38.3 Å². The second kappa shape index (κ2) is 7.94. The number of amides is 1. The first-order valence-electron chi connectivity index (χ1n) is 7.65. The van der Waals surface area contributed by atoms with Crippen molar-refractivity contribution in [2.75, 3.05) is 13.7 Å². The number of benzene rings is 1. The van der Waals surface area contributed by atoms with Gasteiger partial charge in [-0.15, -0.1) is 0 Å². The van der Waals surface area contributed by atoms with E-state index in [2.05, 4.69) is 5.32 Å². The minimum absolute atomic E-state index is 0.146. The molecule has 120 valence electrons. The molecule has 0 saturated carbocycles. The first-order chi connectivity index (χ1) is 10.6. The number of hydrogen-bond donors (Lipinski definition) is 1. The van der Waals surface area contributed by atoms with Crippen LogP contribution >= 0.6 is 0 Å².